The van der Waals surface area contributed by atoms with Crippen LogP contribution in [0.5, 0.6) is 0 Å². The number of fused-ring (bicyclic) bond motifs is 4. The lowest BCUT2D eigenvalue weighted by atomic mass is 10.0. The second-order valence-electron chi connectivity index (χ2n) is 9.49. The van der Waals surface area contributed by atoms with Crippen LogP contribution in [0.15, 0.2) is 54.7 Å². The predicted octanol–water partition coefficient (Wildman–Crippen LogP) is 5.13. The summed E-state index contributed by atoms with van der Waals surface area (Å²) in [6.07, 6.45) is 3.12. The van der Waals surface area contributed by atoms with Gasteiger partial charge in [0, 0.05) is 29.6 Å². The minimum absolute atomic E-state index is 0.0606. The van der Waals surface area contributed by atoms with Gasteiger partial charge in [0.05, 0.1) is 39.0 Å². The zero-order valence-corrected chi connectivity index (χ0v) is 22.0. The average Bonchev–Trinajstić information content (AvgIpc) is 3.53. The molecule has 0 saturated carbocycles. The lowest BCUT2D eigenvalue weighted by Gasteiger charge is -2.24. The molecule has 1 N–H and O–H groups in total. The molecule has 1 atom stereocenters. The van der Waals surface area contributed by atoms with Crippen LogP contribution >= 0.6 is 22.9 Å². The molecule has 0 saturated heterocycles. The summed E-state index contributed by atoms with van der Waals surface area (Å²) < 4.78 is 29.9. The standard InChI is InChI=1S/C28H21ClF2N4O3S/c29-21-13-32-35-9-3-6-23-20(25(21)35)12-24(39-23)26(36)33-17(10-15-7-8-16(30)11-22(15)31)14-34-27(37)18-4-1-2-5-19(18)28(34)38/h1-2,4-5,7-8,11-13,17H,3,6,9-10,14H2,(H,33,36). The van der Waals surface area contributed by atoms with Crippen LogP contribution in [0.1, 0.15) is 47.2 Å². The minimum atomic E-state index is -0.837. The normalized spacial score (nSPS) is 15.0. The molecule has 1 unspecified atom stereocenters. The molecule has 2 aliphatic heterocycles. The number of nitrogens with one attached hydrogen (secondary N) is 1. The van der Waals surface area contributed by atoms with Crippen molar-refractivity contribution in [3.63, 3.8) is 0 Å². The van der Waals surface area contributed by atoms with Gasteiger partial charge in [-0.15, -0.1) is 11.3 Å². The maximum Gasteiger partial charge on any atom is 0.261 e. The van der Waals surface area contributed by atoms with E-state index in [1.54, 1.807) is 36.5 Å². The maximum absolute atomic E-state index is 14.6. The number of rotatable bonds is 6. The van der Waals surface area contributed by atoms with Crippen molar-refractivity contribution in [1.29, 1.82) is 0 Å². The highest BCUT2D eigenvalue weighted by Gasteiger charge is 2.37. The fourth-order valence-corrected chi connectivity index (χ4v) is 6.46. The molecule has 0 spiro atoms. The third kappa shape index (κ3) is 4.63. The number of nitrogens with zero attached hydrogens (tertiary/aromatic N) is 3. The fourth-order valence-electron chi connectivity index (χ4n) is 5.11. The second-order valence-corrected chi connectivity index (χ2v) is 11.0. The number of thiophene rings is 1. The van der Waals surface area contributed by atoms with E-state index in [-0.39, 0.29) is 29.7 Å². The molecule has 2 aromatic carbocycles. The molecular formula is C28H21ClF2N4O3S. The summed E-state index contributed by atoms with van der Waals surface area (Å²) in [5.41, 5.74) is 2.30. The smallest absolute Gasteiger partial charge is 0.261 e. The van der Waals surface area contributed by atoms with Crippen LogP contribution in [0, 0.1) is 11.6 Å². The highest BCUT2D eigenvalue weighted by Crippen LogP contribution is 2.38. The number of imide groups is 1. The van der Waals surface area contributed by atoms with Gasteiger partial charge in [-0.05, 0) is 49.1 Å². The van der Waals surface area contributed by atoms with Gasteiger partial charge in [0.2, 0.25) is 0 Å². The molecule has 0 aliphatic carbocycles. The van der Waals surface area contributed by atoms with Crippen molar-refractivity contribution in [2.45, 2.75) is 31.8 Å². The third-order valence-corrected chi connectivity index (χ3v) is 8.42. The van der Waals surface area contributed by atoms with Crippen molar-refractivity contribution in [2.75, 3.05) is 6.54 Å². The monoisotopic (exact) mass is 566 g/mol. The molecule has 11 heteroatoms. The minimum Gasteiger partial charge on any atom is -0.346 e. The molecule has 0 fully saturated rings. The van der Waals surface area contributed by atoms with Crippen molar-refractivity contribution in [1.82, 2.24) is 20.0 Å². The lowest BCUT2D eigenvalue weighted by molar-refractivity contribution is 0.0629. The summed E-state index contributed by atoms with van der Waals surface area (Å²) in [5.74, 6) is -2.91. The molecule has 2 aromatic heterocycles. The Morgan fingerprint density at radius 2 is 1.82 bits per heavy atom. The van der Waals surface area contributed by atoms with Crippen molar-refractivity contribution >= 4 is 40.7 Å². The van der Waals surface area contributed by atoms with Gasteiger partial charge >= 0.3 is 0 Å². The number of halogens is 3. The van der Waals surface area contributed by atoms with Gasteiger partial charge in [0.1, 0.15) is 11.6 Å². The number of hydrogen-bond acceptors (Lipinski definition) is 5. The van der Waals surface area contributed by atoms with E-state index in [4.69, 9.17) is 11.6 Å². The van der Waals surface area contributed by atoms with Crippen LogP contribution < -0.4 is 5.32 Å². The SMILES string of the molecule is O=C(NC(Cc1ccc(F)cc1F)CN1C(=O)c2ccccc2C1=O)c1cc2c(s1)CCCn1ncc(Cl)c1-2. The van der Waals surface area contributed by atoms with Crippen LogP contribution in [0.2, 0.25) is 5.02 Å². The van der Waals surface area contributed by atoms with Crippen molar-refractivity contribution in [3.05, 3.63) is 97.8 Å². The Balaban J connectivity index is 1.29. The zero-order valence-electron chi connectivity index (χ0n) is 20.4. The van der Waals surface area contributed by atoms with E-state index >= 15 is 0 Å². The first-order valence-electron chi connectivity index (χ1n) is 12.3. The van der Waals surface area contributed by atoms with Gasteiger partial charge in [-0.25, -0.2) is 8.78 Å². The molecule has 39 heavy (non-hydrogen) atoms. The van der Waals surface area contributed by atoms with Crippen molar-refractivity contribution in [3.8, 4) is 11.3 Å². The van der Waals surface area contributed by atoms with E-state index in [0.29, 0.717) is 9.90 Å². The largest absolute Gasteiger partial charge is 0.346 e. The molecule has 0 bridgehead atoms. The highest BCUT2D eigenvalue weighted by molar-refractivity contribution is 7.14. The predicted molar refractivity (Wildman–Crippen MR) is 142 cm³/mol. The van der Waals surface area contributed by atoms with Gasteiger partial charge < -0.3 is 5.32 Å². The quantitative estimate of drug-likeness (QED) is 0.328. The van der Waals surface area contributed by atoms with Crippen molar-refractivity contribution in [2.24, 2.45) is 0 Å². The molecule has 6 rings (SSSR count). The van der Waals surface area contributed by atoms with E-state index in [1.165, 1.54) is 17.4 Å². The van der Waals surface area contributed by atoms with Crippen LogP contribution in [0.25, 0.3) is 11.3 Å². The van der Waals surface area contributed by atoms with E-state index in [2.05, 4.69) is 10.4 Å². The van der Waals surface area contributed by atoms with Gasteiger partial charge in [-0.3, -0.25) is 24.0 Å². The Kier molecular flexibility index (Phi) is 6.52. The van der Waals surface area contributed by atoms with Crippen LogP contribution in [0.4, 0.5) is 8.78 Å². The third-order valence-electron chi connectivity index (χ3n) is 6.95. The molecular weight excluding hydrogens is 546 g/mol. The molecule has 4 aromatic rings. The maximum atomic E-state index is 14.6. The first-order valence-corrected chi connectivity index (χ1v) is 13.5. The molecule has 198 valence electrons. The number of hydrogen-bond donors (Lipinski definition) is 1. The van der Waals surface area contributed by atoms with Gasteiger partial charge in [-0.2, -0.15) is 5.10 Å². The van der Waals surface area contributed by atoms with Crippen LogP contribution in [0.3, 0.4) is 0 Å². The van der Waals surface area contributed by atoms with Crippen LogP contribution in [-0.4, -0.2) is 45.0 Å². The summed E-state index contributed by atoms with van der Waals surface area (Å²) in [7, 11) is 0. The topological polar surface area (TPSA) is 84.3 Å². The second kappa shape index (κ2) is 10.0. The summed E-state index contributed by atoms with van der Waals surface area (Å²) in [6.45, 7) is 0.537. The Hall–Kier alpha value is -3.89. The van der Waals surface area contributed by atoms with E-state index in [9.17, 15) is 23.2 Å². The highest BCUT2D eigenvalue weighted by atomic mass is 35.5. The summed E-state index contributed by atoms with van der Waals surface area (Å²) in [6, 6.07) is 10.6. The number of aryl methyl sites for hydroxylation is 2. The molecule has 3 amide bonds. The Morgan fingerprint density at radius 1 is 1.08 bits per heavy atom. The van der Waals surface area contributed by atoms with Gasteiger partial charge in [0.15, 0.2) is 0 Å². The van der Waals surface area contributed by atoms with Gasteiger partial charge in [0.25, 0.3) is 17.7 Å². The average molecular weight is 567 g/mol. The lowest BCUT2D eigenvalue weighted by Crippen LogP contribution is -2.47. The number of carbonyl (C=O) groups is 3. The van der Waals surface area contributed by atoms with E-state index < -0.39 is 35.4 Å². The Morgan fingerprint density at radius 3 is 2.54 bits per heavy atom. The summed E-state index contributed by atoms with van der Waals surface area (Å²) in [4.78, 5) is 42.0. The molecule has 4 heterocycles. The van der Waals surface area contributed by atoms with E-state index in [1.807, 2.05) is 4.68 Å². The van der Waals surface area contributed by atoms with Crippen LogP contribution in [-0.2, 0) is 19.4 Å². The van der Waals surface area contributed by atoms with E-state index in [0.717, 1.165) is 52.6 Å². The summed E-state index contributed by atoms with van der Waals surface area (Å²) >= 11 is 7.73. The molecule has 2 aliphatic rings. The first-order chi connectivity index (χ1) is 18.8. The number of carbonyl (C=O) groups excluding carboxylic acids is 3. The first kappa shape index (κ1) is 25.4. The number of aromatic nitrogens is 2. The van der Waals surface area contributed by atoms with Crippen molar-refractivity contribution < 1.29 is 23.2 Å². The number of benzene rings is 2. The molecule has 7 nitrogen and oxygen atoms in total. The summed E-state index contributed by atoms with van der Waals surface area (Å²) in [5, 5.41) is 7.71. The Labute approximate surface area is 231 Å². The fraction of sp³-hybridized carbons (Fsp3) is 0.214. The number of amides is 3. The zero-order chi connectivity index (χ0) is 27.3. The molecule has 0 radical (unpaired) electrons. The Bertz CT molecular complexity index is 1610. The van der Waals surface area contributed by atoms with Gasteiger partial charge in [-0.1, -0.05) is 29.8 Å².